The second-order valence-corrected chi connectivity index (χ2v) is 5.74. The van der Waals surface area contributed by atoms with Gasteiger partial charge in [0.05, 0.1) is 25.2 Å². The highest BCUT2D eigenvalue weighted by Gasteiger charge is 2.20. The van der Waals surface area contributed by atoms with E-state index in [1.807, 2.05) is 19.4 Å². The number of aromatic nitrogens is 2. The molecule has 0 spiro atoms. The zero-order chi connectivity index (χ0) is 15.2. The van der Waals surface area contributed by atoms with Crippen LogP contribution in [0.5, 0.6) is 0 Å². The van der Waals surface area contributed by atoms with Gasteiger partial charge in [0.2, 0.25) is 0 Å². The maximum atomic E-state index is 11.5. The number of piperazine rings is 1. The lowest BCUT2D eigenvalue weighted by Crippen LogP contribution is -2.47. The molecule has 6 nitrogen and oxygen atoms in total. The average molecular weight is 294 g/mol. The summed E-state index contributed by atoms with van der Waals surface area (Å²) in [4.78, 5) is 20.3. The predicted octanol–water partition coefficient (Wildman–Crippen LogP) is 1.14. The van der Waals surface area contributed by atoms with Gasteiger partial charge in [-0.05, 0) is 20.8 Å². The van der Waals surface area contributed by atoms with Crippen molar-refractivity contribution in [3.8, 4) is 0 Å². The van der Waals surface area contributed by atoms with Gasteiger partial charge in [-0.1, -0.05) is 0 Å². The van der Waals surface area contributed by atoms with Gasteiger partial charge < -0.3 is 9.30 Å². The summed E-state index contributed by atoms with van der Waals surface area (Å²) in [6, 6.07) is 0.438. The largest absolute Gasteiger partial charge is 0.465 e. The van der Waals surface area contributed by atoms with Crippen LogP contribution in [0, 0.1) is 0 Å². The molecule has 0 amide bonds. The summed E-state index contributed by atoms with van der Waals surface area (Å²) in [5.74, 6) is -0.121. The zero-order valence-electron chi connectivity index (χ0n) is 13.3. The monoisotopic (exact) mass is 294 g/mol. The molecule has 1 saturated heterocycles. The number of nitrogens with zero attached hydrogens (tertiary/aromatic N) is 4. The van der Waals surface area contributed by atoms with Gasteiger partial charge in [0.15, 0.2) is 0 Å². The first-order valence-corrected chi connectivity index (χ1v) is 7.71. The van der Waals surface area contributed by atoms with E-state index in [2.05, 4.69) is 33.2 Å². The molecule has 2 heterocycles. The molecule has 1 aromatic rings. The molecule has 0 aliphatic carbocycles. The first kappa shape index (κ1) is 16.0. The number of carbonyl (C=O) groups is 1. The molecule has 21 heavy (non-hydrogen) atoms. The Morgan fingerprint density at radius 1 is 1.29 bits per heavy atom. The van der Waals surface area contributed by atoms with Gasteiger partial charge in [0.1, 0.15) is 0 Å². The highest BCUT2D eigenvalue weighted by Crippen LogP contribution is 2.13. The molecule has 118 valence electrons. The van der Waals surface area contributed by atoms with Crippen molar-refractivity contribution in [2.75, 3.05) is 39.3 Å². The average Bonchev–Trinajstić information content (AvgIpc) is 2.89. The fraction of sp³-hybridized carbons (Fsp3) is 0.733. The van der Waals surface area contributed by atoms with E-state index in [4.69, 9.17) is 4.74 Å². The van der Waals surface area contributed by atoms with Gasteiger partial charge in [-0.25, -0.2) is 4.98 Å². The van der Waals surface area contributed by atoms with Gasteiger partial charge in [-0.15, -0.1) is 0 Å². The molecule has 0 atom stereocenters. The van der Waals surface area contributed by atoms with Crippen LogP contribution in [0.25, 0.3) is 0 Å². The Kier molecular flexibility index (Phi) is 5.76. The van der Waals surface area contributed by atoms with Crippen molar-refractivity contribution in [1.82, 2.24) is 19.4 Å². The van der Waals surface area contributed by atoms with E-state index in [0.717, 1.165) is 32.7 Å². The number of hydrogen-bond acceptors (Lipinski definition) is 5. The van der Waals surface area contributed by atoms with Crippen molar-refractivity contribution in [2.45, 2.75) is 33.4 Å². The second kappa shape index (κ2) is 7.56. The Labute approximate surface area is 126 Å². The Bertz CT molecular complexity index is 450. The SMILES string of the molecule is CCOC(=O)CN1CCN(Cc2cncn2C(C)C)CC1. The molecule has 0 N–H and O–H groups in total. The van der Waals surface area contributed by atoms with Gasteiger partial charge in [0, 0.05) is 45.0 Å². The summed E-state index contributed by atoms with van der Waals surface area (Å²) in [6.45, 7) is 11.7. The molecule has 0 unspecified atom stereocenters. The summed E-state index contributed by atoms with van der Waals surface area (Å²) in [5.41, 5.74) is 1.25. The number of rotatable bonds is 6. The molecule has 0 radical (unpaired) electrons. The summed E-state index contributed by atoms with van der Waals surface area (Å²) >= 11 is 0. The standard InChI is InChI=1S/C15H26N4O2/c1-4-21-15(20)11-18-7-5-17(6-8-18)10-14-9-16-12-19(14)13(2)3/h9,12-13H,4-8,10-11H2,1-3H3. The molecule has 1 aromatic heterocycles. The number of ether oxygens (including phenoxy) is 1. The number of esters is 1. The Balaban J connectivity index is 1.79. The minimum Gasteiger partial charge on any atom is -0.465 e. The van der Waals surface area contributed by atoms with Crippen LogP contribution in [0.3, 0.4) is 0 Å². The van der Waals surface area contributed by atoms with Crippen LogP contribution in [-0.4, -0.2) is 64.7 Å². The van der Waals surface area contributed by atoms with Gasteiger partial charge in [0.25, 0.3) is 0 Å². The van der Waals surface area contributed by atoms with Crippen LogP contribution in [-0.2, 0) is 16.1 Å². The normalized spacial score (nSPS) is 17.3. The fourth-order valence-corrected chi connectivity index (χ4v) is 2.64. The molecule has 0 saturated carbocycles. The van der Waals surface area contributed by atoms with Crippen molar-refractivity contribution in [3.05, 3.63) is 18.2 Å². The maximum absolute atomic E-state index is 11.5. The maximum Gasteiger partial charge on any atom is 0.320 e. The van der Waals surface area contributed by atoms with E-state index < -0.39 is 0 Å². The number of imidazole rings is 1. The van der Waals surface area contributed by atoms with Crippen LogP contribution in [0.15, 0.2) is 12.5 Å². The molecule has 0 aromatic carbocycles. The van der Waals surface area contributed by atoms with E-state index in [1.165, 1.54) is 5.69 Å². The molecule has 6 heteroatoms. The fourth-order valence-electron chi connectivity index (χ4n) is 2.64. The lowest BCUT2D eigenvalue weighted by Gasteiger charge is -2.34. The van der Waals surface area contributed by atoms with Crippen molar-refractivity contribution in [1.29, 1.82) is 0 Å². The van der Waals surface area contributed by atoms with Crippen LogP contribution < -0.4 is 0 Å². The van der Waals surface area contributed by atoms with Crippen molar-refractivity contribution in [3.63, 3.8) is 0 Å². The third-order valence-corrected chi connectivity index (χ3v) is 3.81. The molecule has 1 aliphatic heterocycles. The van der Waals surface area contributed by atoms with Gasteiger partial charge in [-0.2, -0.15) is 0 Å². The summed E-state index contributed by atoms with van der Waals surface area (Å²) in [6.07, 6.45) is 3.85. The Morgan fingerprint density at radius 3 is 2.57 bits per heavy atom. The van der Waals surface area contributed by atoms with Gasteiger partial charge in [-0.3, -0.25) is 14.6 Å². The molecule has 0 bridgehead atoms. The van der Waals surface area contributed by atoms with Crippen LogP contribution >= 0.6 is 0 Å². The van der Waals surface area contributed by atoms with Crippen molar-refractivity contribution < 1.29 is 9.53 Å². The topological polar surface area (TPSA) is 50.6 Å². The predicted molar refractivity (Wildman–Crippen MR) is 81.0 cm³/mol. The lowest BCUT2D eigenvalue weighted by molar-refractivity contribution is -0.144. The molecule has 2 rings (SSSR count). The minimum absolute atomic E-state index is 0.121. The number of hydrogen-bond donors (Lipinski definition) is 0. The summed E-state index contributed by atoms with van der Waals surface area (Å²) in [5, 5.41) is 0. The van der Waals surface area contributed by atoms with E-state index in [9.17, 15) is 4.79 Å². The molecule has 1 aliphatic rings. The smallest absolute Gasteiger partial charge is 0.320 e. The van der Waals surface area contributed by atoms with Crippen LogP contribution in [0.1, 0.15) is 32.5 Å². The lowest BCUT2D eigenvalue weighted by atomic mass is 10.2. The van der Waals surface area contributed by atoms with Crippen LogP contribution in [0.2, 0.25) is 0 Å². The first-order valence-electron chi connectivity index (χ1n) is 7.71. The van der Waals surface area contributed by atoms with Gasteiger partial charge >= 0.3 is 5.97 Å². The third-order valence-electron chi connectivity index (χ3n) is 3.81. The summed E-state index contributed by atoms with van der Waals surface area (Å²) < 4.78 is 7.21. The van der Waals surface area contributed by atoms with E-state index in [1.54, 1.807) is 0 Å². The minimum atomic E-state index is -0.121. The van der Waals surface area contributed by atoms with Crippen molar-refractivity contribution >= 4 is 5.97 Å². The highest BCUT2D eigenvalue weighted by molar-refractivity contribution is 5.71. The molecular weight excluding hydrogens is 268 g/mol. The highest BCUT2D eigenvalue weighted by atomic mass is 16.5. The first-order chi connectivity index (χ1) is 10.1. The van der Waals surface area contributed by atoms with E-state index in [-0.39, 0.29) is 5.97 Å². The van der Waals surface area contributed by atoms with Crippen LogP contribution in [0.4, 0.5) is 0 Å². The van der Waals surface area contributed by atoms with E-state index >= 15 is 0 Å². The third kappa shape index (κ3) is 4.54. The number of carbonyl (C=O) groups excluding carboxylic acids is 1. The molecule has 1 fully saturated rings. The second-order valence-electron chi connectivity index (χ2n) is 5.74. The summed E-state index contributed by atoms with van der Waals surface area (Å²) in [7, 11) is 0. The Hall–Kier alpha value is -1.40. The van der Waals surface area contributed by atoms with Crippen molar-refractivity contribution in [2.24, 2.45) is 0 Å². The zero-order valence-corrected chi connectivity index (χ0v) is 13.3. The molecular formula is C15H26N4O2. The quantitative estimate of drug-likeness (QED) is 0.737. The van der Waals surface area contributed by atoms with E-state index in [0.29, 0.717) is 19.2 Å². The Morgan fingerprint density at radius 2 is 1.95 bits per heavy atom.